The third kappa shape index (κ3) is 5.23. The Hall–Kier alpha value is -1.34. The Morgan fingerprint density at radius 1 is 1.07 bits per heavy atom. The smallest absolute Gasteiger partial charge is 0.394 e. The zero-order valence-electron chi connectivity index (χ0n) is 14.8. The van der Waals surface area contributed by atoms with Crippen LogP contribution in [-0.2, 0) is 17.6 Å². The lowest BCUT2D eigenvalue weighted by Gasteiger charge is -2.40. The minimum absolute atomic E-state index is 0.111. The number of hydrogen-bond donors (Lipinski definition) is 4. The molecule has 1 fully saturated rings. The van der Waals surface area contributed by atoms with Gasteiger partial charge in [-0.15, -0.1) is 21.5 Å². The molecule has 1 aromatic carbocycles. The molecule has 3 rings (SSSR count). The van der Waals surface area contributed by atoms with Crippen molar-refractivity contribution in [2.45, 2.75) is 49.5 Å². The maximum absolute atomic E-state index is 12.5. The molecule has 5 atom stereocenters. The minimum atomic E-state index is -4.38. The highest BCUT2D eigenvalue weighted by Crippen LogP contribution is 2.34. The van der Waals surface area contributed by atoms with Gasteiger partial charge in [-0.25, -0.2) is 0 Å². The second-order valence-electron chi connectivity index (χ2n) is 6.66. The summed E-state index contributed by atoms with van der Waals surface area (Å²) in [5, 5.41) is 47.2. The first-order chi connectivity index (χ1) is 13.6. The second kappa shape index (κ2) is 8.80. The number of rotatable bonds is 5. The molecule has 0 bridgehead atoms. The minimum Gasteiger partial charge on any atom is -0.394 e. The molecule has 0 spiro atoms. The highest BCUT2D eigenvalue weighted by molar-refractivity contribution is 7.11. The van der Waals surface area contributed by atoms with Crippen molar-refractivity contribution in [3.8, 4) is 0 Å². The Balaban J connectivity index is 1.81. The van der Waals surface area contributed by atoms with Crippen LogP contribution in [0.25, 0.3) is 0 Å². The molecule has 2 aromatic rings. The molecule has 12 heteroatoms. The van der Waals surface area contributed by atoms with Crippen LogP contribution in [0.5, 0.6) is 0 Å². The summed E-state index contributed by atoms with van der Waals surface area (Å²) in [5.74, 6) is 0. The average Bonchev–Trinajstić information content (AvgIpc) is 3.07. The van der Waals surface area contributed by atoms with E-state index < -0.39 is 49.7 Å². The maximum atomic E-state index is 12.5. The van der Waals surface area contributed by atoms with Crippen molar-refractivity contribution in [3.05, 3.63) is 44.4 Å². The molecule has 2 heterocycles. The van der Waals surface area contributed by atoms with Gasteiger partial charge in [0.25, 0.3) is 0 Å². The summed E-state index contributed by atoms with van der Waals surface area (Å²) in [6.45, 7) is -0.561. The number of nitrogens with zero attached hydrogens (tertiary/aromatic N) is 2. The fourth-order valence-electron chi connectivity index (χ4n) is 3.05. The number of halogens is 4. The van der Waals surface area contributed by atoms with Crippen molar-refractivity contribution in [1.29, 1.82) is 0 Å². The van der Waals surface area contributed by atoms with Crippen molar-refractivity contribution >= 4 is 22.9 Å². The number of aliphatic hydroxyl groups is 4. The summed E-state index contributed by atoms with van der Waals surface area (Å²) in [6, 6.07) is 4.64. The molecule has 1 aromatic heterocycles. The molecule has 0 saturated carbocycles. The molecule has 1 aliphatic heterocycles. The first-order valence-corrected chi connectivity index (χ1v) is 9.75. The Morgan fingerprint density at radius 3 is 2.41 bits per heavy atom. The van der Waals surface area contributed by atoms with Crippen LogP contribution in [0.2, 0.25) is 5.02 Å². The fourth-order valence-corrected chi connectivity index (χ4v) is 4.13. The van der Waals surface area contributed by atoms with Gasteiger partial charge < -0.3 is 25.2 Å². The van der Waals surface area contributed by atoms with E-state index in [9.17, 15) is 33.6 Å². The monoisotopic (exact) mass is 454 g/mol. The second-order valence-corrected chi connectivity index (χ2v) is 8.21. The van der Waals surface area contributed by atoms with Gasteiger partial charge in [0.05, 0.1) is 13.0 Å². The summed E-state index contributed by atoms with van der Waals surface area (Å²) in [7, 11) is 0. The molecule has 1 aliphatic rings. The molecule has 0 aliphatic carbocycles. The quantitative estimate of drug-likeness (QED) is 0.539. The fraction of sp³-hybridized carbons (Fsp3) is 0.529. The van der Waals surface area contributed by atoms with Crippen LogP contribution in [0.3, 0.4) is 0 Å². The van der Waals surface area contributed by atoms with Crippen LogP contribution < -0.4 is 0 Å². The van der Waals surface area contributed by atoms with Crippen LogP contribution in [-0.4, -0.2) is 67.8 Å². The lowest BCUT2D eigenvalue weighted by Crippen LogP contribution is -2.55. The van der Waals surface area contributed by atoms with Gasteiger partial charge in [0.1, 0.15) is 40.5 Å². The van der Waals surface area contributed by atoms with E-state index in [1.807, 2.05) is 0 Å². The highest BCUT2D eigenvalue weighted by Gasteiger charge is 2.44. The summed E-state index contributed by atoms with van der Waals surface area (Å²) >= 11 is 7.01. The molecular formula is C17H18ClF3N2O5S. The van der Waals surface area contributed by atoms with Gasteiger partial charge in [-0.3, -0.25) is 0 Å². The third-order valence-electron chi connectivity index (χ3n) is 4.49. The van der Waals surface area contributed by atoms with Crippen LogP contribution in [0, 0.1) is 0 Å². The molecule has 4 N–H and O–H groups in total. The molecule has 0 amide bonds. The van der Waals surface area contributed by atoms with Gasteiger partial charge in [-0.05, 0) is 17.2 Å². The molecule has 160 valence electrons. The average molecular weight is 455 g/mol. The number of hydrogen-bond acceptors (Lipinski definition) is 8. The topological polar surface area (TPSA) is 116 Å². The van der Waals surface area contributed by atoms with Gasteiger partial charge in [-0.1, -0.05) is 23.7 Å². The Morgan fingerprint density at radius 2 is 1.76 bits per heavy atom. The van der Waals surface area contributed by atoms with Gasteiger partial charge in [0.15, 0.2) is 0 Å². The summed E-state index contributed by atoms with van der Waals surface area (Å²) in [6.07, 6.45) is -12.0. The number of aliphatic hydroxyl groups excluding tert-OH is 4. The first-order valence-electron chi connectivity index (χ1n) is 8.56. The van der Waals surface area contributed by atoms with E-state index in [4.69, 9.17) is 16.3 Å². The van der Waals surface area contributed by atoms with Gasteiger partial charge in [0, 0.05) is 11.4 Å². The van der Waals surface area contributed by atoms with Crippen LogP contribution >= 0.6 is 22.9 Å². The van der Waals surface area contributed by atoms with Crippen molar-refractivity contribution in [1.82, 2.24) is 10.2 Å². The van der Waals surface area contributed by atoms with E-state index in [0.29, 0.717) is 21.2 Å². The SMILES string of the molecule is OC[C@H]1O[C@@H](c2ccc(Cl)c(Cc3nnc(CC(F)(F)F)s3)c2)[C@H](O)[C@@H](O)[C@@H]1O. The molecular weight excluding hydrogens is 437 g/mol. The van der Waals surface area contributed by atoms with Crippen LogP contribution in [0.1, 0.15) is 27.2 Å². The van der Waals surface area contributed by atoms with Crippen molar-refractivity contribution in [2.75, 3.05) is 6.61 Å². The number of alkyl halides is 3. The summed E-state index contributed by atoms with van der Waals surface area (Å²) < 4.78 is 43.0. The van der Waals surface area contributed by atoms with Gasteiger partial charge in [-0.2, -0.15) is 13.2 Å². The van der Waals surface area contributed by atoms with Gasteiger partial charge >= 0.3 is 6.18 Å². The Bertz CT molecular complexity index is 851. The Labute approximate surface area is 172 Å². The largest absolute Gasteiger partial charge is 0.395 e. The maximum Gasteiger partial charge on any atom is 0.395 e. The van der Waals surface area contributed by atoms with Crippen LogP contribution in [0.15, 0.2) is 18.2 Å². The number of ether oxygens (including phenoxy) is 1. The zero-order valence-corrected chi connectivity index (χ0v) is 16.3. The Kier molecular flexibility index (Phi) is 6.78. The van der Waals surface area contributed by atoms with Gasteiger partial charge in [0.2, 0.25) is 0 Å². The van der Waals surface area contributed by atoms with E-state index in [2.05, 4.69) is 10.2 Å². The van der Waals surface area contributed by atoms with E-state index in [1.165, 1.54) is 6.07 Å². The van der Waals surface area contributed by atoms with E-state index in [0.717, 1.165) is 11.3 Å². The van der Waals surface area contributed by atoms with Crippen molar-refractivity contribution in [2.24, 2.45) is 0 Å². The van der Waals surface area contributed by atoms with E-state index in [-0.39, 0.29) is 11.4 Å². The van der Waals surface area contributed by atoms with Crippen molar-refractivity contribution < 1.29 is 38.3 Å². The molecule has 1 saturated heterocycles. The zero-order chi connectivity index (χ0) is 21.3. The lowest BCUT2D eigenvalue weighted by atomic mass is 9.90. The summed E-state index contributed by atoms with van der Waals surface area (Å²) in [5.41, 5.74) is 0.928. The third-order valence-corrected chi connectivity index (χ3v) is 5.78. The van der Waals surface area contributed by atoms with Crippen molar-refractivity contribution in [3.63, 3.8) is 0 Å². The first kappa shape index (κ1) is 22.3. The molecule has 0 unspecified atom stereocenters. The normalized spacial score (nSPS) is 27.9. The van der Waals surface area contributed by atoms with E-state index >= 15 is 0 Å². The molecule has 29 heavy (non-hydrogen) atoms. The number of benzene rings is 1. The molecule has 7 nitrogen and oxygen atoms in total. The predicted molar refractivity (Wildman–Crippen MR) is 96.6 cm³/mol. The lowest BCUT2D eigenvalue weighted by molar-refractivity contribution is -0.231. The van der Waals surface area contributed by atoms with Crippen LogP contribution in [0.4, 0.5) is 13.2 Å². The number of aromatic nitrogens is 2. The summed E-state index contributed by atoms with van der Waals surface area (Å²) in [4.78, 5) is 0. The predicted octanol–water partition coefficient (Wildman–Crippen LogP) is 1.40. The molecule has 0 radical (unpaired) electrons. The van der Waals surface area contributed by atoms with E-state index in [1.54, 1.807) is 12.1 Å². The standard InChI is InChI=1S/C17H18ClF3N2O5S/c18-9-2-1-7(16-15(27)14(26)13(25)10(6-24)28-16)3-8(9)4-11-22-23-12(29-11)5-17(19,20)21/h1-3,10,13-16,24-27H,4-6H2/t10-,13-,14+,15-,16+/m1/s1. The highest BCUT2D eigenvalue weighted by atomic mass is 35.5.